The summed E-state index contributed by atoms with van der Waals surface area (Å²) in [5.41, 5.74) is 0.206. The van der Waals surface area contributed by atoms with Crippen molar-refractivity contribution in [3.05, 3.63) is 39.9 Å². The molecule has 1 rings (SSSR count). The minimum Gasteiger partial charge on any atom is -0.402 e. The third-order valence-corrected chi connectivity index (χ3v) is 1.55. The Labute approximate surface area is 75.3 Å². The van der Waals surface area contributed by atoms with Gasteiger partial charge in [-0.3, -0.25) is 14.9 Å². The number of nitrogens with zero attached hydrogens (tertiary/aromatic N) is 1. The number of hydrogen-bond acceptors (Lipinski definition) is 3. The van der Waals surface area contributed by atoms with Gasteiger partial charge in [-0.05, 0) is 6.07 Å². The van der Waals surface area contributed by atoms with Gasteiger partial charge >= 0.3 is 0 Å². The standard InChI is InChI=1S/C7H7BN2O3/c8-9-7(11)5-2-1-3-6(4-5)10(12)13/h1-4H,8H2,(H,9,11). The lowest BCUT2D eigenvalue weighted by Crippen LogP contribution is -2.19. The molecule has 0 saturated carbocycles. The summed E-state index contributed by atoms with van der Waals surface area (Å²) in [6, 6.07) is 5.57. The number of non-ortho nitro benzene ring substituents is 1. The Morgan fingerprint density at radius 3 is 2.77 bits per heavy atom. The Bertz CT molecular complexity index is 353. The van der Waals surface area contributed by atoms with E-state index in [1.54, 1.807) is 0 Å². The predicted molar refractivity (Wildman–Crippen MR) is 49.1 cm³/mol. The van der Waals surface area contributed by atoms with E-state index in [4.69, 9.17) is 0 Å². The van der Waals surface area contributed by atoms with Crippen LogP contribution in [0.25, 0.3) is 0 Å². The summed E-state index contributed by atoms with van der Waals surface area (Å²) in [7, 11) is 1.47. The molecule has 0 saturated heterocycles. The third-order valence-electron chi connectivity index (χ3n) is 1.55. The van der Waals surface area contributed by atoms with Crippen LogP contribution in [0, 0.1) is 10.1 Å². The Morgan fingerprint density at radius 1 is 1.54 bits per heavy atom. The van der Waals surface area contributed by atoms with E-state index in [-0.39, 0.29) is 17.2 Å². The molecule has 1 N–H and O–H groups in total. The lowest BCUT2D eigenvalue weighted by atomic mass is 10.2. The van der Waals surface area contributed by atoms with Gasteiger partial charge in [-0.1, -0.05) is 6.07 Å². The van der Waals surface area contributed by atoms with E-state index in [0.29, 0.717) is 0 Å². The molecule has 1 aromatic carbocycles. The van der Waals surface area contributed by atoms with Crippen LogP contribution in [0.2, 0.25) is 0 Å². The number of rotatable bonds is 2. The molecule has 6 heteroatoms. The van der Waals surface area contributed by atoms with Crippen LogP contribution in [0.3, 0.4) is 0 Å². The zero-order chi connectivity index (χ0) is 9.84. The van der Waals surface area contributed by atoms with Crippen molar-refractivity contribution in [3.8, 4) is 0 Å². The fourth-order valence-electron chi connectivity index (χ4n) is 0.905. The summed E-state index contributed by atoms with van der Waals surface area (Å²) in [5, 5.41) is 12.7. The molecule has 0 atom stereocenters. The summed E-state index contributed by atoms with van der Waals surface area (Å²) in [5.74, 6) is -0.330. The number of carbonyl (C=O) groups is 1. The van der Waals surface area contributed by atoms with Crippen LogP contribution in [0.15, 0.2) is 24.3 Å². The summed E-state index contributed by atoms with van der Waals surface area (Å²) in [6.07, 6.45) is 0. The number of carbonyl (C=O) groups excluding carboxylic acids is 1. The van der Waals surface area contributed by atoms with Crippen molar-refractivity contribution in [3.63, 3.8) is 0 Å². The molecule has 1 aromatic rings. The molecule has 0 bridgehead atoms. The largest absolute Gasteiger partial charge is 0.402 e. The van der Waals surface area contributed by atoms with Crippen LogP contribution in [0.1, 0.15) is 10.4 Å². The molecular weight excluding hydrogens is 171 g/mol. The van der Waals surface area contributed by atoms with Gasteiger partial charge in [0.2, 0.25) is 13.9 Å². The molecule has 66 valence electrons. The molecule has 5 nitrogen and oxygen atoms in total. The van der Waals surface area contributed by atoms with Crippen molar-refractivity contribution < 1.29 is 9.72 Å². The van der Waals surface area contributed by atoms with E-state index in [2.05, 4.69) is 5.23 Å². The fraction of sp³-hybridized carbons (Fsp3) is 0. The van der Waals surface area contributed by atoms with Crippen molar-refractivity contribution in [2.24, 2.45) is 0 Å². The molecule has 0 spiro atoms. The normalized spacial score (nSPS) is 9.23. The number of nitrogens with one attached hydrogen (secondary N) is 1. The summed E-state index contributed by atoms with van der Waals surface area (Å²) in [6.45, 7) is 0. The highest BCUT2D eigenvalue weighted by molar-refractivity contribution is 6.18. The average molecular weight is 178 g/mol. The van der Waals surface area contributed by atoms with E-state index in [0.717, 1.165) is 0 Å². The first-order valence-electron chi connectivity index (χ1n) is 3.61. The number of nitro groups is 1. The van der Waals surface area contributed by atoms with Crippen LogP contribution in [0.4, 0.5) is 5.69 Å². The van der Waals surface area contributed by atoms with E-state index in [1.165, 1.54) is 32.2 Å². The van der Waals surface area contributed by atoms with Crippen molar-refractivity contribution in [2.75, 3.05) is 0 Å². The first-order chi connectivity index (χ1) is 6.15. The maximum atomic E-state index is 11.1. The Balaban J connectivity index is 3.05. The predicted octanol–water partition coefficient (Wildman–Crippen LogP) is -0.127. The fourth-order valence-corrected chi connectivity index (χ4v) is 0.905. The van der Waals surface area contributed by atoms with Crippen molar-refractivity contribution >= 4 is 19.6 Å². The van der Waals surface area contributed by atoms with Gasteiger partial charge < -0.3 is 5.23 Å². The number of nitro benzene ring substituents is 1. The molecule has 0 unspecified atom stereocenters. The highest BCUT2D eigenvalue weighted by Gasteiger charge is 2.08. The van der Waals surface area contributed by atoms with Gasteiger partial charge in [0, 0.05) is 17.7 Å². The number of amides is 1. The maximum Gasteiger partial charge on any atom is 0.270 e. The summed E-state index contributed by atoms with van der Waals surface area (Å²) >= 11 is 0. The van der Waals surface area contributed by atoms with Crippen LogP contribution in [-0.4, -0.2) is 18.8 Å². The Hall–Kier alpha value is -1.85. The van der Waals surface area contributed by atoms with Crippen LogP contribution >= 0.6 is 0 Å². The molecular formula is C7H7BN2O3. The first kappa shape index (κ1) is 9.24. The molecule has 0 radical (unpaired) electrons. The van der Waals surface area contributed by atoms with Gasteiger partial charge in [-0.15, -0.1) is 0 Å². The SMILES string of the molecule is BNC(=O)c1cccc([N+](=O)[O-])c1. The second-order valence-electron chi connectivity index (χ2n) is 2.39. The van der Waals surface area contributed by atoms with Gasteiger partial charge in [0.05, 0.1) is 4.92 Å². The first-order valence-corrected chi connectivity index (χ1v) is 3.61. The lowest BCUT2D eigenvalue weighted by molar-refractivity contribution is -0.384. The third kappa shape index (κ3) is 2.05. The topological polar surface area (TPSA) is 72.2 Å². The lowest BCUT2D eigenvalue weighted by Gasteiger charge is -1.98. The van der Waals surface area contributed by atoms with Crippen molar-refractivity contribution in [1.82, 2.24) is 5.23 Å². The van der Waals surface area contributed by atoms with Crippen LogP contribution in [-0.2, 0) is 0 Å². The van der Waals surface area contributed by atoms with E-state index >= 15 is 0 Å². The molecule has 0 aromatic heterocycles. The van der Waals surface area contributed by atoms with Gasteiger partial charge in [0.25, 0.3) is 5.69 Å². The molecule has 0 fully saturated rings. The smallest absolute Gasteiger partial charge is 0.270 e. The maximum absolute atomic E-state index is 11.1. The zero-order valence-corrected chi connectivity index (χ0v) is 6.98. The van der Waals surface area contributed by atoms with Crippen molar-refractivity contribution in [2.45, 2.75) is 0 Å². The summed E-state index contributed by atoms with van der Waals surface area (Å²) in [4.78, 5) is 20.9. The second kappa shape index (κ2) is 3.71. The number of hydrogen-bond donors (Lipinski definition) is 1. The minimum atomic E-state index is -0.535. The monoisotopic (exact) mass is 178 g/mol. The van der Waals surface area contributed by atoms with Gasteiger partial charge in [-0.2, -0.15) is 0 Å². The molecule has 0 aliphatic heterocycles. The zero-order valence-electron chi connectivity index (χ0n) is 6.98. The van der Waals surface area contributed by atoms with E-state index in [9.17, 15) is 14.9 Å². The highest BCUT2D eigenvalue weighted by atomic mass is 16.6. The second-order valence-corrected chi connectivity index (χ2v) is 2.39. The Kier molecular flexibility index (Phi) is 2.64. The van der Waals surface area contributed by atoms with Crippen molar-refractivity contribution in [1.29, 1.82) is 0 Å². The van der Waals surface area contributed by atoms with E-state index in [1.807, 2.05) is 0 Å². The molecule has 0 aliphatic rings. The molecule has 0 aliphatic carbocycles. The number of benzene rings is 1. The molecule has 13 heavy (non-hydrogen) atoms. The van der Waals surface area contributed by atoms with Gasteiger partial charge in [-0.25, -0.2) is 0 Å². The summed E-state index contributed by atoms with van der Waals surface area (Å²) < 4.78 is 0. The average Bonchev–Trinajstić information content (AvgIpc) is 2.17. The highest BCUT2D eigenvalue weighted by Crippen LogP contribution is 2.12. The van der Waals surface area contributed by atoms with Gasteiger partial charge in [0.1, 0.15) is 0 Å². The Morgan fingerprint density at radius 2 is 2.23 bits per heavy atom. The molecule has 0 heterocycles. The van der Waals surface area contributed by atoms with Crippen LogP contribution in [0.5, 0.6) is 0 Å². The van der Waals surface area contributed by atoms with E-state index < -0.39 is 4.92 Å². The minimum absolute atomic E-state index is 0.0823. The quantitative estimate of drug-likeness (QED) is 0.389. The van der Waals surface area contributed by atoms with Crippen LogP contribution < -0.4 is 5.23 Å². The molecule has 1 amide bonds. The van der Waals surface area contributed by atoms with Gasteiger partial charge in [0.15, 0.2) is 0 Å².